The molecule has 0 unspecified atom stereocenters. The zero-order valence-corrected chi connectivity index (χ0v) is 19.0. The van der Waals surface area contributed by atoms with Crippen molar-refractivity contribution in [3.05, 3.63) is 28.8 Å². The Bertz CT molecular complexity index is 708. The molecule has 28 heavy (non-hydrogen) atoms. The van der Waals surface area contributed by atoms with Crippen LogP contribution in [0, 0.1) is 6.92 Å². The number of Topliss-reactive ketones (excluding diaryl/α,β-unsaturated/α-hetero) is 1. The molecule has 0 bridgehead atoms. The largest absolute Gasteiger partial charge is 0.297 e. The standard InChI is InChI=1S/C23H38O4S/c1-5-7-8-9-10-11-12-13-14-15-16-20-17-18-22(28(25,26)27-4)23(19(20)3)21(24)6-2/h17-18H,5-16H2,1-4H3. The maximum Gasteiger partial charge on any atom is 0.297 e. The van der Waals surface area contributed by atoms with E-state index in [2.05, 4.69) is 11.1 Å². The molecule has 0 aromatic heterocycles. The van der Waals surface area contributed by atoms with Crippen molar-refractivity contribution in [1.82, 2.24) is 0 Å². The summed E-state index contributed by atoms with van der Waals surface area (Å²) < 4.78 is 29.0. The Hall–Kier alpha value is -1.20. The molecule has 0 radical (unpaired) electrons. The van der Waals surface area contributed by atoms with E-state index in [1.165, 1.54) is 63.9 Å². The van der Waals surface area contributed by atoms with Crippen LogP contribution < -0.4 is 0 Å². The Kier molecular flexibility index (Phi) is 11.6. The van der Waals surface area contributed by atoms with E-state index in [1.54, 1.807) is 6.92 Å². The first-order chi connectivity index (χ1) is 13.4. The molecular formula is C23H38O4S. The van der Waals surface area contributed by atoms with Crippen LogP contribution in [0.15, 0.2) is 17.0 Å². The zero-order valence-electron chi connectivity index (χ0n) is 18.2. The van der Waals surface area contributed by atoms with Crippen molar-refractivity contribution >= 4 is 15.9 Å². The van der Waals surface area contributed by atoms with E-state index in [4.69, 9.17) is 0 Å². The summed E-state index contributed by atoms with van der Waals surface area (Å²) in [5.41, 5.74) is 2.14. The number of rotatable bonds is 15. The van der Waals surface area contributed by atoms with E-state index in [0.717, 1.165) is 31.1 Å². The predicted molar refractivity (Wildman–Crippen MR) is 116 cm³/mol. The van der Waals surface area contributed by atoms with Gasteiger partial charge in [0.2, 0.25) is 0 Å². The van der Waals surface area contributed by atoms with Crippen molar-refractivity contribution < 1.29 is 17.4 Å². The number of carbonyl (C=O) groups is 1. The van der Waals surface area contributed by atoms with Crippen molar-refractivity contribution in [3.63, 3.8) is 0 Å². The van der Waals surface area contributed by atoms with Gasteiger partial charge in [0.1, 0.15) is 4.90 Å². The second-order valence-electron chi connectivity index (χ2n) is 7.55. The molecule has 0 aliphatic rings. The summed E-state index contributed by atoms with van der Waals surface area (Å²) in [5, 5.41) is 0. The van der Waals surface area contributed by atoms with Crippen molar-refractivity contribution in [1.29, 1.82) is 0 Å². The first kappa shape index (κ1) is 24.8. The molecule has 0 heterocycles. The molecule has 0 aliphatic heterocycles. The van der Waals surface area contributed by atoms with Gasteiger partial charge in [-0.3, -0.25) is 8.98 Å². The molecule has 0 amide bonds. The zero-order chi connectivity index (χ0) is 21.0. The van der Waals surface area contributed by atoms with Crippen molar-refractivity contribution in [2.24, 2.45) is 0 Å². The summed E-state index contributed by atoms with van der Waals surface area (Å²) in [6.45, 7) is 5.84. The first-order valence-electron chi connectivity index (χ1n) is 10.8. The van der Waals surface area contributed by atoms with Gasteiger partial charge in [-0.15, -0.1) is 0 Å². The molecule has 4 nitrogen and oxygen atoms in total. The maximum absolute atomic E-state index is 12.4. The number of hydrogen-bond donors (Lipinski definition) is 0. The number of carbonyl (C=O) groups excluding carboxylic acids is 1. The van der Waals surface area contributed by atoms with Crippen molar-refractivity contribution in [2.75, 3.05) is 7.11 Å². The van der Waals surface area contributed by atoms with Crippen molar-refractivity contribution in [2.45, 2.75) is 103 Å². The quantitative estimate of drug-likeness (QED) is 0.191. The summed E-state index contributed by atoms with van der Waals surface area (Å²) >= 11 is 0. The number of unbranched alkanes of at least 4 members (excludes halogenated alkanes) is 9. The minimum atomic E-state index is -3.89. The van der Waals surface area contributed by atoms with E-state index < -0.39 is 10.1 Å². The van der Waals surface area contributed by atoms with Gasteiger partial charge in [0.25, 0.3) is 10.1 Å². The highest BCUT2D eigenvalue weighted by molar-refractivity contribution is 7.86. The van der Waals surface area contributed by atoms with Crippen LogP contribution in [0.25, 0.3) is 0 Å². The molecule has 1 rings (SSSR count). The molecule has 0 atom stereocenters. The van der Waals surface area contributed by atoms with Crippen LogP contribution in [-0.4, -0.2) is 21.3 Å². The lowest BCUT2D eigenvalue weighted by Gasteiger charge is -2.15. The summed E-state index contributed by atoms with van der Waals surface area (Å²) in [5.74, 6) is -0.155. The molecule has 0 saturated heterocycles. The Morgan fingerprint density at radius 1 is 0.893 bits per heavy atom. The number of aryl methyl sites for hydroxylation is 1. The summed E-state index contributed by atoms with van der Waals surface area (Å²) in [7, 11) is -2.76. The van der Waals surface area contributed by atoms with Crippen LogP contribution in [0.3, 0.4) is 0 Å². The van der Waals surface area contributed by atoms with Crippen LogP contribution in [0.5, 0.6) is 0 Å². The summed E-state index contributed by atoms with van der Waals surface area (Å²) in [6, 6.07) is 3.36. The molecule has 0 fully saturated rings. The highest BCUT2D eigenvalue weighted by Crippen LogP contribution is 2.27. The Balaban J connectivity index is 2.60. The molecule has 1 aromatic rings. The van der Waals surface area contributed by atoms with E-state index in [-0.39, 0.29) is 17.1 Å². The van der Waals surface area contributed by atoms with Gasteiger partial charge in [-0.05, 0) is 37.0 Å². The second-order valence-corrected chi connectivity index (χ2v) is 9.23. The minimum Gasteiger partial charge on any atom is -0.294 e. The smallest absolute Gasteiger partial charge is 0.294 e. The fraction of sp³-hybridized carbons (Fsp3) is 0.696. The van der Waals surface area contributed by atoms with Crippen molar-refractivity contribution in [3.8, 4) is 0 Å². The van der Waals surface area contributed by atoms with E-state index in [9.17, 15) is 13.2 Å². The Labute approximate surface area is 172 Å². The predicted octanol–water partition coefficient (Wildman–Crippen LogP) is 6.39. The third-order valence-electron chi connectivity index (χ3n) is 5.43. The fourth-order valence-corrected chi connectivity index (χ4v) is 4.56. The average Bonchev–Trinajstić information content (AvgIpc) is 2.69. The Morgan fingerprint density at radius 3 is 1.93 bits per heavy atom. The number of benzene rings is 1. The lowest BCUT2D eigenvalue weighted by molar-refractivity contribution is 0.0984. The van der Waals surface area contributed by atoms with Gasteiger partial charge in [0.15, 0.2) is 5.78 Å². The highest BCUT2D eigenvalue weighted by atomic mass is 32.2. The van der Waals surface area contributed by atoms with Gasteiger partial charge in [-0.25, -0.2) is 0 Å². The minimum absolute atomic E-state index is 0.00817. The van der Waals surface area contributed by atoms with E-state index in [1.807, 2.05) is 13.0 Å². The van der Waals surface area contributed by atoms with Crippen LogP contribution in [0.1, 0.15) is 106 Å². The average molecular weight is 411 g/mol. The fourth-order valence-electron chi connectivity index (χ4n) is 3.63. The third-order valence-corrected chi connectivity index (χ3v) is 6.75. The third kappa shape index (κ3) is 7.67. The molecular weight excluding hydrogens is 372 g/mol. The first-order valence-corrected chi connectivity index (χ1v) is 12.3. The van der Waals surface area contributed by atoms with Gasteiger partial charge < -0.3 is 0 Å². The van der Waals surface area contributed by atoms with Gasteiger partial charge >= 0.3 is 0 Å². The monoisotopic (exact) mass is 410 g/mol. The Morgan fingerprint density at radius 2 is 1.43 bits per heavy atom. The SMILES string of the molecule is CCCCCCCCCCCCc1ccc(S(=O)(=O)OC)c(C(=O)CC)c1C. The topological polar surface area (TPSA) is 60.4 Å². The van der Waals surface area contributed by atoms with Gasteiger partial charge in [0.05, 0.1) is 7.11 Å². The van der Waals surface area contributed by atoms with Crippen LogP contribution in [-0.2, 0) is 20.7 Å². The molecule has 0 saturated carbocycles. The lowest BCUT2D eigenvalue weighted by atomic mass is 9.94. The summed E-state index contributed by atoms with van der Waals surface area (Å²) in [4.78, 5) is 12.4. The van der Waals surface area contributed by atoms with Crippen LogP contribution >= 0.6 is 0 Å². The van der Waals surface area contributed by atoms with E-state index in [0.29, 0.717) is 5.56 Å². The van der Waals surface area contributed by atoms with Crippen LogP contribution in [0.2, 0.25) is 0 Å². The second kappa shape index (κ2) is 13.1. The maximum atomic E-state index is 12.4. The van der Waals surface area contributed by atoms with Gasteiger partial charge in [0, 0.05) is 12.0 Å². The highest BCUT2D eigenvalue weighted by Gasteiger charge is 2.24. The molecule has 0 spiro atoms. The number of hydrogen-bond acceptors (Lipinski definition) is 4. The lowest BCUT2D eigenvalue weighted by Crippen LogP contribution is -2.13. The molecule has 1 aromatic carbocycles. The van der Waals surface area contributed by atoms with Gasteiger partial charge in [-0.2, -0.15) is 8.42 Å². The van der Waals surface area contributed by atoms with Gasteiger partial charge in [-0.1, -0.05) is 77.7 Å². The molecule has 5 heteroatoms. The van der Waals surface area contributed by atoms with Crippen LogP contribution in [0.4, 0.5) is 0 Å². The van der Waals surface area contributed by atoms with E-state index >= 15 is 0 Å². The summed E-state index contributed by atoms with van der Waals surface area (Å²) in [6.07, 6.45) is 13.9. The molecule has 0 aliphatic carbocycles. The molecule has 160 valence electrons. The molecule has 0 N–H and O–H groups in total. The number of ketones is 1. The normalized spacial score (nSPS) is 11.7.